The smallest absolute Gasteiger partial charge is 0.0482 e. The number of allylic oxidation sites excluding steroid dienone is 4. The second-order valence-electron chi connectivity index (χ2n) is 6.17. The fraction of sp³-hybridized carbons (Fsp3) is 0.500. The van der Waals surface area contributed by atoms with Gasteiger partial charge in [0, 0.05) is 20.9 Å². The van der Waals surface area contributed by atoms with Gasteiger partial charge in [-0.2, -0.15) is 0 Å². The average molecular weight is 265 g/mol. The van der Waals surface area contributed by atoms with Crippen LogP contribution < -0.4 is 5.32 Å². The largest absolute Gasteiger partial charge is 0.380 e. The quantitative estimate of drug-likeness (QED) is 0.698. The molecule has 0 fully saturated rings. The molecule has 0 atom stereocenters. The Hall–Kier alpha value is -0.890. The number of rotatable bonds is 5. The molecule has 0 saturated carbocycles. The zero-order valence-corrected chi connectivity index (χ0v) is 13.4. The van der Waals surface area contributed by atoms with Crippen LogP contribution in [-0.4, -0.2) is 10.3 Å². The number of nitrogens with one attached hydrogen (secondary N) is 1. The Morgan fingerprint density at radius 1 is 0.944 bits per heavy atom. The summed E-state index contributed by atoms with van der Waals surface area (Å²) in [6.45, 7) is 20.7. The number of hydrogen-bond donors (Lipinski definition) is 1. The molecule has 0 aromatic carbocycles. The lowest BCUT2D eigenvalue weighted by Crippen LogP contribution is -2.35. The van der Waals surface area contributed by atoms with Crippen molar-refractivity contribution < 1.29 is 0 Å². The molecule has 0 aliphatic heterocycles. The Labute approximate surface area is 117 Å². The number of thioether (sulfide) groups is 1. The van der Waals surface area contributed by atoms with Gasteiger partial charge >= 0.3 is 0 Å². The molecule has 0 aliphatic carbocycles. The summed E-state index contributed by atoms with van der Waals surface area (Å²) in [5.74, 6) is 0. The van der Waals surface area contributed by atoms with Crippen LogP contribution in [0.4, 0.5) is 0 Å². The monoisotopic (exact) mass is 265 g/mol. The first-order valence-electron chi connectivity index (χ1n) is 6.22. The van der Waals surface area contributed by atoms with E-state index in [1.807, 2.05) is 36.1 Å². The van der Waals surface area contributed by atoms with Gasteiger partial charge in [-0.3, -0.25) is 0 Å². The van der Waals surface area contributed by atoms with Gasteiger partial charge in [0.25, 0.3) is 0 Å². The molecule has 0 aliphatic rings. The lowest BCUT2D eigenvalue weighted by molar-refractivity contribution is 0.478. The van der Waals surface area contributed by atoms with Crippen LogP contribution in [0.5, 0.6) is 0 Å². The van der Waals surface area contributed by atoms with Crippen molar-refractivity contribution >= 4 is 11.8 Å². The van der Waals surface area contributed by atoms with Gasteiger partial charge in [0.1, 0.15) is 0 Å². The van der Waals surface area contributed by atoms with Gasteiger partial charge in [-0.1, -0.05) is 46.1 Å². The molecule has 0 rings (SSSR count). The third-order valence-corrected chi connectivity index (χ3v) is 2.93. The summed E-state index contributed by atoms with van der Waals surface area (Å²) in [6.07, 6.45) is 7.70. The fourth-order valence-electron chi connectivity index (χ4n) is 1.32. The van der Waals surface area contributed by atoms with Crippen LogP contribution in [-0.2, 0) is 0 Å². The van der Waals surface area contributed by atoms with E-state index < -0.39 is 0 Å². The molecule has 1 nitrogen and oxygen atoms in total. The van der Waals surface area contributed by atoms with Crippen molar-refractivity contribution in [1.82, 2.24) is 5.32 Å². The molecule has 0 bridgehead atoms. The summed E-state index contributed by atoms with van der Waals surface area (Å²) < 4.78 is 0.161. The average Bonchev–Trinajstić information content (AvgIpc) is 2.12. The highest BCUT2D eigenvalue weighted by Crippen LogP contribution is 2.35. The molecule has 0 aromatic rings. The SMILES string of the molecule is C=C/C=C(NC(C)(C)C)\C(=C/C=C)SC(C)(C)C. The molecule has 0 aromatic heterocycles. The van der Waals surface area contributed by atoms with Crippen LogP contribution >= 0.6 is 11.8 Å². The second kappa shape index (κ2) is 6.89. The van der Waals surface area contributed by atoms with Crippen molar-refractivity contribution in [2.24, 2.45) is 0 Å². The molecule has 0 unspecified atom stereocenters. The summed E-state index contributed by atoms with van der Waals surface area (Å²) >= 11 is 1.83. The summed E-state index contributed by atoms with van der Waals surface area (Å²) in [4.78, 5) is 1.19. The molecule has 0 radical (unpaired) electrons. The minimum absolute atomic E-state index is 0.0214. The third-order valence-electron chi connectivity index (χ3n) is 1.75. The second-order valence-corrected chi connectivity index (χ2v) is 8.04. The maximum atomic E-state index is 3.80. The highest BCUT2D eigenvalue weighted by atomic mass is 32.2. The van der Waals surface area contributed by atoms with Crippen LogP contribution in [0.25, 0.3) is 0 Å². The topological polar surface area (TPSA) is 12.0 Å². The molecule has 2 heteroatoms. The summed E-state index contributed by atoms with van der Waals surface area (Å²) in [5.41, 5.74) is 1.12. The first-order valence-corrected chi connectivity index (χ1v) is 7.04. The molecule has 0 spiro atoms. The van der Waals surface area contributed by atoms with Gasteiger partial charge in [0.05, 0.1) is 0 Å². The van der Waals surface area contributed by atoms with Crippen molar-refractivity contribution in [3.05, 3.63) is 48.1 Å². The molecular weight excluding hydrogens is 238 g/mol. The van der Waals surface area contributed by atoms with E-state index in [-0.39, 0.29) is 10.3 Å². The van der Waals surface area contributed by atoms with E-state index in [0.29, 0.717) is 0 Å². The van der Waals surface area contributed by atoms with Crippen molar-refractivity contribution in [2.45, 2.75) is 51.8 Å². The summed E-state index contributed by atoms with van der Waals surface area (Å²) in [5, 5.41) is 3.52. The Balaban J connectivity index is 5.27. The van der Waals surface area contributed by atoms with Crippen molar-refractivity contribution in [3.8, 4) is 0 Å². The van der Waals surface area contributed by atoms with Gasteiger partial charge in [-0.05, 0) is 32.9 Å². The van der Waals surface area contributed by atoms with Crippen LogP contribution in [0.2, 0.25) is 0 Å². The lowest BCUT2D eigenvalue weighted by atomic mass is 10.1. The van der Waals surface area contributed by atoms with Gasteiger partial charge in [-0.25, -0.2) is 0 Å². The Morgan fingerprint density at radius 2 is 1.44 bits per heavy atom. The predicted molar refractivity (Wildman–Crippen MR) is 86.8 cm³/mol. The summed E-state index contributed by atoms with van der Waals surface area (Å²) in [6, 6.07) is 0. The first kappa shape index (κ1) is 17.1. The van der Waals surface area contributed by atoms with E-state index in [4.69, 9.17) is 0 Å². The van der Waals surface area contributed by atoms with E-state index in [9.17, 15) is 0 Å². The normalized spacial score (nSPS) is 14.3. The molecular formula is C16H27NS. The van der Waals surface area contributed by atoms with Crippen LogP contribution in [0, 0.1) is 0 Å². The lowest BCUT2D eigenvalue weighted by Gasteiger charge is -2.28. The minimum Gasteiger partial charge on any atom is -0.380 e. The van der Waals surface area contributed by atoms with Crippen LogP contribution in [0.1, 0.15) is 41.5 Å². The van der Waals surface area contributed by atoms with E-state index in [0.717, 1.165) is 5.70 Å². The Kier molecular flexibility index (Phi) is 6.55. The number of hydrogen-bond acceptors (Lipinski definition) is 2. The Bertz CT molecular complexity index is 312. The van der Waals surface area contributed by atoms with Gasteiger partial charge in [-0.15, -0.1) is 11.8 Å². The highest BCUT2D eigenvalue weighted by Gasteiger charge is 2.19. The first-order chi connectivity index (χ1) is 8.09. The van der Waals surface area contributed by atoms with Crippen LogP contribution in [0.3, 0.4) is 0 Å². The molecule has 0 saturated heterocycles. The fourth-order valence-corrected chi connectivity index (χ4v) is 2.38. The predicted octanol–water partition coefficient (Wildman–Crippen LogP) is 5.05. The zero-order valence-electron chi connectivity index (χ0n) is 12.6. The van der Waals surface area contributed by atoms with E-state index >= 15 is 0 Å². The van der Waals surface area contributed by atoms with Crippen molar-refractivity contribution in [2.75, 3.05) is 0 Å². The maximum Gasteiger partial charge on any atom is 0.0482 e. The third kappa shape index (κ3) is 8.24. The zero-order chi connectivity index (χ0) is 14.4. The standard InChI is InChI=1S/C16H27NS/c1-9-11-13(17-15(3,4)5)14(12-10-2)18-16(6,7)8/h9-12,17H,1-2H2,3-8H3/b13-11+,14-12+. The maximum absolute atomic E-state index is 3.80. The molecule has 18 heavy (non-hydrogen) atoms. The molecule has 0 amide bonds. The highest BCUT2D eigenvalue weighted by molar-refractivity contribution is 8.04. The molecule has 0 heterocycles. The van der Waals surface area contributed by atoms with Crippen molar-refractivity contribution in [1.29, 1.82) is 0 Å². The van der Waals surface area contributed by atoms with E-state index in [1.165, 1.54) is 4.91 Å². The van der Waals surface area contributed by atoms with Gasteiger partial charge < -0.3 is 5.32 Å². The van der Waals surface area contributed by atoms with Crippen LogP contribution in [0.15, 0.2) is 48.1 Å². The van der Waals surface area contributed by atoms with Crippen molar-refractivity contribution in [3.63, 3.8) is 0 Å². The molecule has 102 valence electrons. The Morgan fingerprint density at radius 3 is 1.78 bits per heavy atom. The molecule has 1 N–H and O–H groups in total. The summed E-state index contributed by atoms with van der Waals surface area (Å²) in [7, 11) is 0. The van der Waals surface area contributed by atoms with Gasteiger partial charge in [0.2, 0.25) is 0 Å². The van der Waals surface area contributed by atoms with E-state index in [1.54, 1.807) is 0 Å². The van der Waals surface area contributed by atoms with Gasteiger partial charge in [0.15, 0.2) is 0 Å². The minimum atomic E-state index is 0.0214. The van der Waals surface area contributed by atoms with E-state index in [2.05, 4.69) is 60.0 Å².